The number of hydrogen-bond acceptors (Lipinski definition) is 1. The molecule has 0 saturated heterocycles. The number of aromatic nitrogens is 1. The van der Waals surface area contributed by atoms with E-state index in [1.807, 2.05) is 36.4 Å². The fourth-order valence-corrected chi connectivity index (χ4v) is 4.73. The summed E-state index contributed by atoms with van der Waals surface area (Å²) in [4.78, 5) is 0. The SMILES string of the molecule is Clc1ccc(Nc2cccc(-n3c4ccccc4c4ccccc43)c2)c(-c2ccccc2)c1. The standard InChI is InChI=1S/C30H21ClN2/c31-22-17-18-28(27(19-22)21-9-2-1-3-10-21)32-23-11-8-12-24(20-23)33-29-15-6-4-13-25(29)26-14-5-7-16-30(26)33/h1-20,32H. The number of hydrogen-bond donors (Lipinski definition) is 1. The zero-order valence-electron chi connectivity index (χ0n) is 17.9. The first kappa shape index (κ1) is 19.7. The Hall–Kier alpha value is -4.01. The van der Waals surface area contributed by atoms with Gasteiger partial charge in [-0.05, 0) is 54.1 Å². The minimum absolute atomic E-state index is 0.721. The first-order chi connectivity index (χ1) is 16.3. The predicted molar refractivity (Wildman–Crippen MR) is 141 cm³/mol. The predicted octanol–water partition coefficient (Wildman–Crippen LogP) is 8.85. The second kappa shape index (κ2) is 8.16. The van der Waals surface area contributed by atoms with Gasteiger partial charge in [-0.15, -0.1) is 0 Å². The Bertz CT molecular complexity index is 1550. The van der Waals surface area contributed by atoms with Crippen molar-refractivity contribution in [3.8, 4) is 16.8 Å². The lowest BCUT2D eigenvalue weighted by Gasteiger charge is -2.15. The molecule has 1 heterocycles. The second-order valence-electron chi connectivity index (χ2n) is 8.10. The van der Waals surface area contributed by atoms with E-state index in [2.05, 4.69) is 94.8 Å². The molecule has 5 aromatic carbocycles. The number of benzene rings is 5. The highest BCUT2D eigenvalue weighted by Gasteiger charge is 2.12. The Morgan fingerprint density at radius 2 is 1.24 bits per heavy atom. The van der Waals surface area contributed by atoms with Gasteiger partial charge in [0.15, 0.2) is 0 Å². The molecule has 2 nitrogen and oxygen atoms in total. The van der Waals surface area contributed by atoms with Gasteiger partial charge in [0.05, 0.1) is 11.0 Å². The molecule has 158 valence electrons. The fraction of sp³-hybridized carbons (Fsp3) is 0. The molecule has 0 aliphatic heterocycles. The van der Waals surface area contributed by atoms with Gasteiger partial charge in [-0.1, -0.05) is 84.4 Å². The number of fused-ring (bicyclic) bond motifs is 3. The summed E-state index contributed by atoms with van der Waals surface area (Å²) in [5.41, 5.74) is 7.76. The smallest absolute Gasteiger partial charge is 0.0541 e. The van der Waals surface area contributed by atoms with E-state index in [4.69, 9.17) is 11.6 Å². The molecule has 0 unspecified atom stereocenters. The molecule has 3 heteroatoms. The third-order valence-corrected chi connectivity index (χ3v) is 6.26. The first-order valence-electron chi connectivity index (χ1n) is 11.0. The Morgan fingerprint density at radius 1 is 0.576 bits per heavy atom. The summed E-state index contributed by atoms with van der Waals surface area (Å²) >= 11 is 6.34. The van der Waals surface area contributed by atoms with Gasteiger partial charge in [0.1, 0.15) is 0 Å². The van der Waals surface area contributed by atoms with Crippen LogP contribution in [-0.2, 0) is 0 Å². The third-order valence-electron chi connectivity index (χ3n) is 6.03. The molecule has 0 spiro atoms. The minimum Gasteiger partial charge on any atom is -0.355 e. The molecule has 0 aliphatic rings. The first-order valence-corrected chi connectivity index (χ1v) is 11.4. The molecule has 33 heavy (non-hydrogen) atoms. The molecular formula is C30H21ClN2. The van der Waals surface area contributed by atoms with Crippen LogP contribution in [0.25, 0.3) is 38.6 Å². The summed E-state index contributed by atoms with van der Waals surface area (Å²) in [6.07, 6.45) is 0. The zero-order valence-corrected chi connectivity index (χ0v) is 18.6. The summed E-state index contributed by atoms with van der Waals surface area (Å²) in [7, 11) is 0. The van der Waals surface area contributed by atoms with Crippen molar-refractivity contribution in [3.63, 3.8) is 0 Å². The van der Waals surface area contributed by atoms with E-state index >= 15 is 0 Å². The summed E-state index contributed by atoms with van der Waals surface area (Å²) < 4.78 is 2.33. The van der Waals surface area contributed by atoms with Gasteiger partial charge in [-0.3, -0.25) is 0 Å². The van der Waals surface area contributed by atoms with Crippen LogP contribution in [0.2, 0.25) is 5.02 Å². The van der Waals surface area contributed by atoms with E-state index in [1.54, 1.807) is 0 Å². The lowest BCUT2D eigenvalue weighted by Crippen LogP contribution is -1.97. The van der Waals surface area contributed by atoms with Crippen LogP contribution in [0.3, 0.4) is 0 Å². The Morgan fingerprint density at radius 3 is 1.97 bits per heavy atom. The van der Waals surface area contributed by atoms with E-state index in [1.165, 1.54) is 21.8 Å². The van der Waals surface area contributed by atoms with Crippen LogP contribution in [0.4, 0.5) is 11.4 Å². The van der Waals surface area contributed by atoms with Crippen LogP contribution in [0, 0.1) is 0 Å². The van der Waals surface area contributed by atoms with Gasteiger partial charge in [-0.2, -0.15) is 0 Å². The summed E-state index contributed by atoms with van der Waals surface area (Å²) in [5.74, 6) is 0. The second-order valence-corrected chi connectivity index (χ2v) is 8.54. The quantitative estimate of drug-likeness (QED) is 0.287. The lowest BCUT2D eigenvalue weighted by molar-refractivity contribution is 1.18. The molecule has 1 N–H and O–H groups in total. The highest BCUT2D eigenvalue weighted by atomic mass is 35.5. The van der Waals surface area contributed by atoms with Crippen LogP contribution in [0.15, 0.2) is 121 Å². The Labute approximate surface area is 197 Å². The molecule has 6 aromatic rings. The van der Waals surface area contributed by atoms with Gasteiger partial charge in [0.2, 0.25) is 0 Å². The van der Waals surface area contributed by atoms with Gasteiger partial charge in [-0.25, -0.2) is 0 Å². The molecule has 0 saturated carbocycles. The van der Waals surface area contributed by atoms with E-state index in [-0.39, 0.29) is 0 Å². The molecule has 0 aliphatic carbocycles. The van der Waals surface area contributed by atoms with Crippen LogP contribution in [0.5, 0.6) is 0 Å². The maximum atomic E-state index is 6.34. The maximum Gasteiger partial charge on any atom is 0.0541 e. The highest BCUT2D eigenvalue weighted by molar-refractivity contribution is 6.31. The van der Waals surface area contributed by atoms with Crippen molar-refractivity contribution < 1.29 is 0 Å². The Balaban J connectivity index is 1.47. The van der Waals surface area contributed by atoms with Crippen molar-refractivity contribution in [3.05, 3.63) is 126 Å². The molecular weight excluding hydrogens is 424 g/mol. The molecule has 0 fully saturated rings. The monoisotopic (exact) mass is 444 g/mol. The lowest BCUT2D eigenvalue weighted by atomic mass is 10.0. The maximum absolute atomic E-state index is 6.34. The van der Waals surface area contributed by atoms with Crippen molar-refractivity contribution >= 4 is 44.8 Å². The van der Waals surface area contributed by atoms with Crippen LogP contribution in [0.1, 0.15) is 0 Å². The fourth-order valence-electron chi connectivity index (χ4n) is 4.56. The molecule has 6 rings (SSSR count). The molecule has 0 atom stereocenters. The largest absolute Gasteiger partial charge is 0.355 e. The average Bonchev–Trinajstić information content (AvgIpc) is 3.20. The number of anilines is 2. The van der Waals surface area contributed by atoms with Gasteiger partial charge in [0, 0.05) is 38.4 Å². The van der Waals surface area contributed by atoms with Crippen LogP contribution in [-0.4, -0.2) is 4.57 Å². The van der Waals surface area contributed by atoms with E-state index < -0.39 is 0 Å². The average molecular weight is 445 g/mol. The highest BCUT2D eigenvalue weighted by Crippen LogP contribution is 2.35. The van der Waals surface area contributed by atoms with Crippen molar-refractivity contribution in [2.24, 2.45) is 0 Å². The van der Waals surface area contributed by atoms with Gasteiger partial charge in [0.25, 0.3) is 0 Å². The van der Waals surface area contributed by atoms with Gasteiger partial charge >= 0.3 is 0 Å². The van der Waals surface area contributed by atoms with Crippen LogP contribution >= 0.6 is 11.6 Å². The van der Waals surface area contributed by atoms with Gasteiger partial charge < -0.3 is 9.88 Å². The number of halogens is 1. The topological polar surface area (TPSA) is 17.0 Å². The van der Waals surface area contributed by atoms with E-state index in [0.29, 0.717) is 0 Å². The number of nitrogens with one attached hydrogen (secondary N) is 1. The van der Waals surface area contributed by atoms with E-state index in [9.17, 15) is 0 Å². The minimum atomic E-state index is 0.721. The van der Waals surface area contributed by atoms with Crippen molar-refractivity contribution in [1.29, 1.82) is 0 Å². The Kier molecular flexibility index (Phi) is 4.86. The summed E-state index contributed by atoms with van der Waals surface area (Å²) in [6.45, 7) is 0. The normalized spacial score (nSPS) is 11.2. The number of nitrogens with zero attached hydrogens (tertiary/aromatic N) is 1. The van der Waals surface area contributed by atoms with Crippen LogP contribution < -0.4 is 5.32 Å². The molecule has 0 bridgehead atoms. The number of rotatable bonds is 4. The molecule has 0 radical (unpaired) electrons. The van der Waals surface area contributed by atoms with E-state index in [0.717, 1.165) is 33.2 Å². The third kappa shape index (κ3) is 3.55. The number of para-hydroxylation sites is 2. The van der Waals surface area contributed by atoms with Crippen molar-refractivity contribution in [2.75, 3.05) is 5.32 Å². The van der Waals surface area contributed by atoms with Crippen molar-refractivity contribution in [1.82, 2.24) is 4.57 Å². The van der Waals surface area contributed by atoms with Crippen molar-refractivity contribution in [2.45, 2.75) is 0 Å². The summed E-state index contributed by atoms with van der Waals surface area (Å²) in [6, 6.07) is 42.0. The summed E-state index contributed by atoms with van der Waals surface area (Å²) in [5, 5.41) is 6.86. The zero-order chi connectivity index (χ0) is 22.2. The molecule has 1 aromatic heterocycles. The molecule has 0 amide bonds.